The molecule has 3 nitrogen and oxygen atoms in total. The molecule has 0 aliphatic carbocycles. The largest absolute Gasteiger partial charge is 0.378 e. The molecule has 0 heterocycles. The van der Waals surface area contributed by atoms with Crippen molar-refractivity contribution in [2.75, 3.05) is 44.5 Å². The van der Waals surface area contributed by atoms with E-state index in [0.29, 0.717) is 19.1 Å². The quantitative estimate of drug-likeness (QED) is 0.251. The van der Waals surface area contributed by atoms with Crippen LogP contribution in [0.1, 0.15) is 54.4 Å². The van der Waals surface area contributed by atoms with Crippen LogP contribution >= 0.6 is 23.5 Å². The van der Waals surface area contributed by atoms with Gasteiger partial charge in [-0.05, 0) is 31.6 Å². The molecule has 0 N–H and O–H groups in total. The van der Waals surface area contributed by atoms with Crippen LogP contribution in [0.3, 0.4) is 0 Å². The predicted octanol–water partition coefficient (Wildman–Crippen LogP) is 5.33. The Bertz CT molecular complexity index is 237. The second-order valence-corrected chi connectivity index (χ2v) is 9.99. The van der Waals surface area contributed by atoms with Gasteiger partial charge in [0, 0.05) is 16.8 Å². The monoisotopic (exact) mass is 380 g/mol. The van der Waals surface area contributed by atoms with Crippen LogP contribution in [0, 0.1) is 11.8 Å². The van der Waals surface area contributed by atoms with Gasteiger partial charge in [-0.25, -0.2) is 0 Å². The van der Waals surface area contributed by atoms with Crippen LogP contribution in [0.2, 0.25) is 0 Å². The van der Waals surface area contributed by atoms with Crippen LogP contribution < -0.4 is 0 Å². The molecule has 0 aromatic rings. The van der Waals surface area contributed by atoms with Crippen molar-refractivity contribution in [1.29, 1.82) is 0 Å². The van der Waals surface area contributed by atoms with E-state index in [2.05, 4.69) is 41.5 Å². The molecule has 0 aromatic carbocycles. The van der Waals surface area contributed by atoms with Crippen molar-refractivity contribution in [3.05, 3.63) is 0 Å². The molecule has 0 rings (SSSR count). The Hall–Kier alpha value is 0.580. The lowest BCUT2D eigenvalue weighted by molar-refractivity contribution is 0.0599. The number of ether oxygens (including phenoxy) is 3. The first-order chi connectivity index (χ1) is 11.4. The SMILES string of the molecule is CC(C)CCC(C)SCCOCCOCCSC(C)OCC(C)C. The van der Waals surface area contributed by atoms with Crippen molar-refractivity contribution >= 4 is 23.5 Å². The average molecular weight is 381 g/mol. The maximum atomic E-state index is 5.71. The van der Waals surface area contributed by atoms with Crippen LogP contribution in [-0.4, -0.2) is 55.2 Å². The summed E-state index contributed by atoms with van der Waals surface area (Å²) in [7, 11) is 0. The highest BCUT2D eigenvalue weighted by Crippen LogP contribution is 2.18. The molecule has 0 radical (unpaired) electrons. The Labute approximate surface area is 159 Å². The molecule has 0 aliphatic rings. The fourth-order valence-electron chi connectivity index (χ4n) is 1.93. The highest BCUT2D eigenvalue weighted by molar-refractivity contribution is 8.00. The summed E-state index contributed by atoms with van der Waals surface area (Å²) >= 11 is 3.83. The Morgan fingerprint density at radius 2 is 1.25 bits per heavy atom. The number of hydrogen-bond acceptors (Lipinski definition) is 5. The Kier molecular flexibility index (Phi) is 17.4. The van der Waals surface area contributed by atoms with Crippen LogP contribution in [-0.2, 0) is 14.2 Å². The standard InChI is InChI=1S/C19H40O3S2/c1-16(2)7-8-18(5)23-13-11-20-9-10-21-12-14-24-19(6)22-15-17(3)4/h16-19H,7-15H2,1-6H3. The Balaban J connectivity index is 3.22. The lowest BCUT2D eigenvalue weighted by atomic mass is 10.1. The molecule has 24 heavy (non-hydrogen) atoms. The molecule has 0 saturated carbocycles. The van der Waals surface area contributed by atoms with E-state index in [1.807, 2.05) is 23.5 Å². The number of rotatable bonds is 17. The second-order valence-electron chi connectivity index (χ2n) is 7.04. The summed E-state index contributed by atoms with van der Waals surface area (Å²) in [6, 6.07) is 0. The van der Waals surface area contributed by atoms with E-state index < -0.39 is 0 Å². The van der Waals surface area contributed by atoms with Gasteiger partial charge in [-0.2, -0.15) is 11.8 Å². The molecular formula is C19H40O3S2. The van der Waals surface area contributed by atoms with Crippen molar-refractivity contribution in [3.63, 3.8) is 0 Å². The van der Waals surface area contributed by atoms with Gasteiger partial charge in [0.05, 0.1) is 38.5 Å². The smallest absolute Gasteiger partial charge is 0.1000 e. The van der Waals surface area contributed by atoms with Gasteiger partial charge >= 0.3 is 0 Å². The first-order valence-corrected chi connectivity index (χ1v) is 11.5. The van der Waals surface area contributed by atoms with E-state index >= 15 is 0 Å². The topological polar surface area (TPSA) is 27.7 Å². The molecule has 5 heteroatoms. The fraction of sp³-hybridized carbons (Fsp3) is 1.00. The van der Waals surface area contributed by atoms with Gasteiger partial charge in [-0.3, -0.25) is 0 Å². The molecule has 0 amide bonds. The molecule has 146 valence electrons. The first kappa shape index (κ1) is 24.6. The average Bonchev–Trinajstić information content (AvgIpc) is 2.52. The zero-order chi connectivity index (χ0) is 18.2. The summed E-state index contributed by atoms with van der Waals surface area (Å²) in [5.41, 5.74) is 0.252. The van der Waals surface area contributed by atoms with Crippen molar-refractivity contribution in [1.82, 2.24) is 0 Å². The zero-order valence-electron chi connectivity index (χ0n) is 16.7. The van der Waals surface area contributed by atoms with Crippen molar-refractivity contribution in [2.45, 2.75) is 65.1 Å². The third kappa shape index (κ3) is 18.9. The van der Waals surface area contributed by atoms with Crippen molar-refractivity contribution in [2.24, 2.45) is 11.8 Å². The zero-order valence-corrected chi connectivity index (χ0v) is 18.3. The summed E-state index contributed by atoms with van der Waals surface area (Å²) < 4.78 is 16.9. The minimum absolute atomic E-state index is 0.252. The van der Waals surface area contributed by atoms with Gasteiger partial charge in [0.1, 0.15) is 0 Å². The van der Waals surface area contributed by atoms with Crippen molar-refractivity contribution < 1.29 is 14.2 Å². The van der Waals surface area contributed by atoms with Gasteiger partial charge in [0.25, 0.3) is 0 Å². The van der Waals surface area contributed by atoms with E-state index in [1.165, 1.54) is 12.8 Å². The van der Waals surface area contributed by atoms with Crippen LogP contribution in [0.4, 0.5) is 0 Å². The maximum absolute atomic E-state index is 5.71. The summed E-state index contributed by atoms with van der Waals surface area (Å²) in [6.45, 7) is 17.2. The molecule has 0 spiro atoms. The molecule has 0 aliphatic heterocycles. The number of hydrogen-bond donors (Lipinski definition) is 0. The lowest BCUT2D eigenvalue weighted by Crippen LogP contribution is -2.12. The van der Waals surface area contributed by atoms with Crippen LogP contribution in [0.5, 0.6) is 0 Å². The highest BCUT2D eigenvalue weighted by Gasteiger charge is 2.05. The molecule has 0 fully saturated rings. The maximum Gasteiger partial charge on any atom is 0.1000 e. The third-order valence-corrected chi connectivity index (χ3v) is 5.61. The summed E-state index contributed by atoms with van der Waals surface area (Å²) in [6.07, 6.45) is 2.63. The molecular weight excluding hydrogens is 340 g/mol. The van der Waals surface area contributed by atoms with Crippen LogP contribution in [0.15, 0.2) is 0 Å². The minimum atomic E-state index is 0.252. The predicted molar refractivity (Wildman–Crippen MR) is 110 cm³/mol. The van der Waals surface area contributed by atoms with Gasteiger partial charge in [0.2, 0.25) is 0 Å². The van der Waals surface area contributed by atoms with E-state index in [9.17, 15) is 0 Å². The summed E-state index contributed by atoms with van der Waals surface area (Å²) in [4.78, 5) is 0. The fourth-order valence-corrected chi connectivity index (χ4v) is 3.57. The van der Waals surface area contributed by atoms with Gasteiger partial charge in [-0.1, -0.05) is 34.6 Å². The first-order valence-electron chi connectivity index (χ1n) is 9.42. The second kappa shape index (κ2) is 17.0. The van der Waals surface area contributed by atoms with Gasteiger partial charge in [0.15, 0.2) is 0 Å². The normalized spacial score (nSPS) is 14.5. The molecule has 0 bridgehead atoms. The van der Waals surface area contributed by atoms with Gasteiger partial charge in [-0.15, -0.1) is 11.8 Å². The highest BCUT2D eigenvalue weighted by atomic mass is 32.2. The molecule has 2 atom stereocenters. The lowest BCUT2D eigenvalue weighted by Gasteiger charge is -2.14. The minimum Gasteiger partial charge on any atom is -0.378 e. The Morgan fingerprint density at radius 3 is 1.79 bits per heavy atom. The molecule has 0 aromatic heterocycles. The third-order valence-electron chi connectivity index (χ3n) is 3.40. The van der Waals surface area contributed by atoms with Gasteiger partial charge < -0.3 is 14.2 Å². The molecule has 0 saturated heterocycles. The van der Waals surface area contributed by atoms with Crippen molar-refractivity contribution in [3.8, 4) is 0 Å². The number of thioether (sulfide) groups is 2. The van der Waals surface area contributed by atoms with E-state index in [4.69, 9.17) is 14.2 Å². The summed E-state index contributed by atoms with van der Waals surface area (Å²) in [5, 5.41) is 0.740. The Morgan fingerprint density at radius 1 is 0.667 bits per heavy atom. The van der Waals surface area contributed by atoms with E-state index in [-0.39, 0.29) is 5.44 Å². The summed E-state index contributed by atoms with van der Waals surface area (Å²) in [5.74, 6) is 3.46. The molecule has 2 unspecified atom stereocenters. The van der Waals surface area contributed by atoms with Crippen LogP contribution in [0.25, 0.3) is 0 Å². The van der Waals surface area contributed by atoms with E-state index in [0.717, 1.165) is 42.5 Å². The van der Waals surface area contributed by atoms with E-state index in [1.54, 1.807) is 0 Å².